The van der Waals surface area contributed by atoms with E-state index in [-0.39, 0.29) is 5.28 Å². The number of ether oxygens (including phenoxy) is 2. The van der Waals surface area contributed by atoms with E-state index in [4.69, 9.17) is 21.1 Å². The molecule has 0 unspecified atom stereocenters. The second kappa shape index (κ2) is 5.65. The van der Waals surface area contributed by atoms with Crippen LogP contribution in [0.3, 0.4) is 0 Å². The summed E-state index contributed by atoms with van der Waals surface area (Å²) in [5.74, 6) is 0. The van der Waals surface area contributed by atoms with Gasteiger partial charge in [-0.15, -0.1) is 0 Å². The lowest BCUT2D eigenvalue weighted by atomic mass is 10.4. The van der Waals surface area contributed by atoms with Crippen molar-refractivity contribution < 1.29 is 9.47 Å². The fourth-order valence-electron chi connectivity index (χ4n) is 1.06. The van der Waals surface area contributed by atoms with Crippen molar-refractivity contribution in [3.05, 3.63) is 5.28 Å². The Labute approximate surface area is 103 Å². The molecule has 0 bridgehead atoms. The van der Waals surface area contributed by atoms with Crippen molar-refractivity contribution >= 4 is 23.4 Å². The molecule has 0 radical (unpaired) electrons. The highest BCUT2D eigenvalue weighted by Gasteiger charge is 2.21. The van der Waals surface area contributed by atoms with E-state index in [0.717, 1.165) is 19.6 Å². The molecule has 2 heterocycles. The van der Waals surface area contributed by atoms with Crippen LogP contribution in [-0.2, 0) is 4.74 Å². The molecule has 0 aliphatic carbocycles. The van der Waals surface area contributed by atoms with Crippen molar-refractivity contribution in [2.45, 2.75) is 23.8 Å². The van der Waals surface area contributed by atoms with Crippen LogP contribution in [0.4, 0.5) is 0 Å². The topological polar surface area (TPSA) is 57.1 Å². The van der Waals surface area contributed by atoms with Crippen LogP contribution in [-0.4, -0.2) is 40.0 Å². The number of aromatic nitrogens is 3. The van der Waals surface area contributed by atoms with E-state index >= 15 is 0 Å². The summed E-state index contributed by atoms with van der Waals surface area (Å²) >= 11 is 7.33. The summed E-state index contributed by atoms with van der Waals surface area (Å²) in [6, 6.07) is 0.296. The van der Waals surface area contributed by atoms with E-state index < -0.39 is 0 Å². The molecule has 1 aromatic heterocycles. The molecule has 0 N–H and O–H groups in total. The molecule has 1 aliphatic heterocycles. The second-order valence-electron chi connectivity index (χ2n) is 3.30. The smallest absolute Gasteiger partial charge is 0.321 e. The monoisotopic (exact) mass is 261 g/mol. The highest BCUT2D eigenvalue weighted by atomic mass is 35.5. The van der Waals surface area contributed by atoms with E-state index in [2.05, 4.69) is 15.0 Å². The minimum absolute atomic E-state index is 0.170. The van der Waals surface area contributed by atoms with E-state index in [1.54, 1.807) is 11.8 Å². The molecule has 0 amide bonds. The quantitative estimate of drug-likeness (QED) is 0.806. The summed E-state index contributed by atoms with van der Waals surface area (Å²) in [5.41, 5.74) is 0. The van der Waals surface area contributed by atoms with Gasteiger partial charge in [0.2, 0.25) is 5.28 Å². The summed E-state index contributed by atoms with van der Waals surface area (Å²) in [5, 5.41) is 1.18. The van der Waals surface area contributed by atoms with Crippen LogP contribution >= 0.6 is 23.4 Å². The van der Waals surface area contributed by atoms with Gasteiger partial charge in [-0.1, -0.05) is 18.7 Å². The third-order valence-corrected chi connectivity index (χ3v) is 3.05. The minimum Gasteiger partial charge on any atom is -0.463 e. The normalized spacial score (nSPS) is 15.9. The van der Waals surface area contributed by atoms with Crippen molar-refractivity contribution in [2.24, 2.45) is 0 Å². The molecule has 0 atom stereocenters. The molecule has 2 rings (SSSR count). The van der Waals surface area contributed by atoms with Gasteiger partial charge in [-0.05, 0) is 18.0 Å². The summed E-state index contributed by atoms with van der Waals surface area (Å²) in [6.07, 6.45) is 0.905. The van der Waals surface area contributed by atoms with Gasteiger partial charge in [-0.25, -0.2) is 0 Å². The highest BCUT2D eigenvalue weighted by molar-refractivity contribution is 7.99. The highest BCUT2D eigenvalue weighted by Crippen LogP contribution is 2.26. The van der Waals surface area contributed by atoms with E-state index in [9.17, 15) is 0 Å². The molecule has 0 spiro atoms. The Morgan fingerprint density at radius 1 is 1.44 bits per heavy atom. The Kier molecular flexibility index (Phi) is 4.20. The van der Waals surface area contributed by atoms with Gasteiger partial charge in [-0.3, -0.25) is 0 Å². The molecule has 1 fully saturated rings. The Morgan fingerprint density at radius 2 is 2.25 bits per heavy atom. The minimum atomic E-state index is 0.170. The van der Waals surface area contributed by atoms with E-state index in [1.807, 2.05) is 6.92 Å². The van der Waals surface area contributed by atoms with Gasteiger partial charge < -0.3 is 9.47 Å². The fourth-order valence-corrected chi connectivity index (χ4v) is 2.16. The lowest BCUT2D eigenvalue weighted by Gasteiger charge is -2.24. The number of hydrogen-bond acceptors (Lipinski definition) is 6. The van der Waals surface area contributed by atoms with Gasteiger partial charge in [0.15, 0.2) is 5.16 Å². The lowest BCUT2D eigenvalue weighted by Crippen LogP contribution is -2.30. The number of rotatable bonds is 5. The zero-order valence-electron chi connectivity index (χ0n) is 8.85. The number of nitrogens with zero attached hydrogens (tertiary/aromatic N) is 3. The third kappa shape index (κ3) is 3.20. The molecule has 88 valence electrons. The molecule has 5 nitrogen and oxygen atoms in total. The number of halogens is 1. The maximum atomic E-state index is 5.79. The second-order valence-corrected chi connectivity index (χ2v) is 4.90. The largest absolute Gasteiger partial charge is 0.463 e. The molecule has 1 saturated heterocycles. The maximum Gasteiger partial charge on any atom is 0.321 e. The molecule has 7 heteroatoms. The molecular formula is C9H12ClN3O2S. The summed E-state index contributed by atoms with van der Waals surface area (Å²) in [6.45, 7) is 4.07. The Morgan fingerprint density at radius 3 is 2.88 bits per heavy atom. The molecule has 16 heavy (non-hydrogen) atoms. The fraction of sp³-hybridized carbons (Fsp3) is 0.667. The third-order valence-electron chi connectivity index (χ3n) is 1.88. The Balaban J connectivity index is 2.02. The Hall–Kier alpha value is -0.590. The van der Waals surface area contributed by atoms with Crippen molar-refractivity contribution in [3.63, 3.8) is 0 Å². The van der Waals surface area contributed by atoms with Crippen LogP contribution in [0.1, 0.15) is 13.3 Å². The molecule has 0 aromatic carbocycles. The first-order valence-corrected chi connectivity index (χ1v) is 6.32. The van der Waals surface area contributed by atoms with Gasteiger partial charge in [0.25, 0.3) is 0 Å². The van der Waals surface area contributed by atoms with Gasteiger partial charge in [0.1, 0.15) is 0 Å². The predicted molar refractivity (Wildman–Crippen MR) is 61.1 cm³/mol. The first-order valence-electron chi connectivity index (χ1n) is 5.06. The first-order chi connectivity index (χ1) is 7.78. The van der Waals surface area contributed by atoms with Crippen LogP contribution < -0.4 is 4.74 Å². The summed E-state index contributed by atoms with van der Waals surface area (Å²) in [7, 11) is 0. The average molecular weight is 262 g/mol. The van der Waals surface area contributed by atoms with Crippen LogP contribution in [0, 0.1) is 0 Å². The molecule has 1 aromatic rings. The van der Waals surface area contributed by atoms with Gasteiger partial charge in [0.05, 0.1) is 25.1 Å². The lowest BCUT2D eigenvalue weighted by molar-refractivity contribution is 0.0454. The standard InChI is InChI=1S/C9H12ClN3O2S/c1-2-3-15-8-11-7(10)12-9(13-8)16-6-4-14-5-6/h6H,2-5H2,1H3. The first kappa shape index (κ1) is 11.9. The summed E-state index contributed by atoms with van der Waals surface area (Å²) in [4.78, 5) is 12.1. The number of hydrogen-bond donors (Lipinski definition) is 0. The van der Waals surface area contributed by atoms with Crippen LogP contribution in [0.15, 0.2) is 5.16 Å². The Bertz CT molecular complexity index is 363. The van der Waals surface area contributed by atoms with Crippen molar-refractivity contribution in [3.8, 4) is 6.01 Å². The van der Waals surface area contributed by atoms with Gasteiger partial charge in [0, 0.05) is 0 Å². The van der Waals surface area contributed by atoms with Crippen LogP contribution in [0.25, 0.3) is 0 Å². The molecular weight excluding hydrogens is 250 g/mol. The van der Waals surface area contributed by atoms with Crippen LogP contribution in [0.2, 0.25) is 5.28 Å². The van der Waals surface area contributed by atoms with Crippen molar-refractivity contribution in [1.82, 2.24) is 15.0 Å². The summed E-state index contributed by atoms with van der Waals surface area (Å²) < 4.78 is 10.4. The van der Waals surface area contributed by atoms with Crippen molar-refractivity contribution in [1.29, 1.82) is 0 Å². The van der Waals surface area contributed by atoms with E-state index in [1.165, 1.54) is 0 Å². The zero-order chi connectivity index (χ0) is 11.4. The van der Waals surface area contributed by atoms with Crippen molar-refractivity contribution in [2.75, 3.05) is 19.8 Å². The predicted octanol–water partition coefficient (Wildman–Crippen LogP) is 1.80. The molecule has 0 saturated carbocycles. The average Bonchev–Trinajstić information content (AvgIpc) is 2.20. The maximum absolute atomic E-state index is 5.79. The molecule has 1 aliphatic rings. The zero-order valence-corrected chi connectivity index (χ0v) is 10.4. The SMILES string of the molecule is CCCOc1nc(Cl)nc(SC2COC2)n1. The van der Waals surface area contributed by atoms with Gasteiger partial charge >= 0.3 is 6.01 Å². The van der Waals surface area contributed by atoms with E-state index in [0.29, 0.717) is 23.0 Å². The van der Waals surface area contributed by atoms with Gasteiger partial charge in [-0.2, -0.15) is 15.0 Å². The number of thioether (sulfide) groups is 1. The van der Waals surface area contributed by atoms with Crippen LogP contribution in [0.5, 0.6) is 6.01 Å².